The molecular formula is C15H15NO3. The van der Waals surface area contributed by atoms with Gasteiger partial charge in [-0.2, -0.15) is 0 Å². The smallest absolute Gasteiger partial charge is 0.311 e. The molecule has 98 valence electrons. The standard InChI is InChI=1S/C15H15NO3/c1-18-15(17)9-13-7-8-14(10-16-13)19-11-12-5-3-2-4-6-12/h2-8,10H,9,11H2,1H3. The number of nitrogens with zero attached hydrogens (tertiary/aromatic N) is 1. The highest BCUT2D eigenvalue weighted by Crippen LogP contribution is 2.12. The van der Waals surface area contributed by atoms with E-state index in [0.29, 0.717) is 18.1 Å². The number of aromatic nitrogens is 1. The highest BCUT2D eigenvalue weighted by molar-refractivity contribution is 5.71. The molecular weight excluding hydrogens is 242 g/mol. The first kappa shape index (κ1) is 13.1. The van der Waals surface area contributed by atoms with Gasteiger partial charge in [0.25, 0.3) is 0 Å². The van der Waals surface area contributed by atoms with Crippen LogP contribution in [-0.2, 0) is 22.6 Å². The van der Waals surface area contributed by atoms with Crippen molar-refractivity contribution in [3.63, 3.8) is 0 Å². The number of carbonyl (C=O) groups is 1. The van der Waals surface area contributed by atoms with Gasteiger partial charge in [-0.3, -0.25) is 9.78 Å². The maximum absolute atomic E-state index is 11.1. The lowest BCUT2D eigenvalue weighted by Gasteiger charge is -2.06. The predicted molar refractivity (Wildman–Crippen MR) is 70.7 cm³/mol. The van der Waals surface area contributed by atoms with Gasteiger partial charge in [-0.15, -0.1) is 0 Å². The second kappa shape index (κ2) is 6.54. The normalized spacial score (nSPS) is 9.95. The lowest BCUT2D eigenvalue weighted by Crippen LogP contribution is -2.06. The van der Waals surface area contributed by atoms with Crippen LogP contribution in [-0.4, -0.2) is 18.1 Å². The Morgan fingerprint density at radius 3 is 2.58 bits per heavy atom. The zero-order valence-electron chi connectivity index (χ0n) is 10.7. The molecule has 0 fully saturated rings. The number of methoxy groups -OCH3 is 1. The van der Waals surface area contributed by atoms with Gasteiger partial charge in [0.2, 0.25) is 0 Å². The number of pyridine rings is 1. The van der Waals surface area contributed by atoms with Crippen LogP contribution in [0.5, 0.6) is 5.75 Å². The first-order chi connectivity index (χ1) is 9.28. The summed E-state index contributed by atoms with van der Waals surface area (Å²) in [6, 6.07) is 13.5. The molecule has 0 atom stereocenters. The topological polar surface area (TPSA) is 48.4 Å². The quantitative estimate of drug-likeness (QED) is 0.772. The highest BCUT2D eigenvalue weighted by Gasteiger charge is 2.04. The van der Waals surface area contributed by atoms with Gasteiger partial charge < -0.3 is 9.47 Å². The van der Waals surface area contributed by atoms with Crippen molar-refractivity contribution in [2.75, 3.05) is 7.11 Å². The molecule has 0 bridgehead atoms. The van der Waals surface area contributed by atoms with E-state index in [2.05, 4.69) is 9.72 Å². The Kier molecular flexibility index (Phi) is 4.50. The maximum atomic E-state index is 11.1. The van der Waals surface area contributed by atoms with Crippen molar-refractivity contribution in [1.82, 2.24) is 4.98 Å². The van der Waals surface area contributed by atoms with Gasteiger partial charge >= 0.3 is 5.97 Å². The molecule has 2 rings (SSSR count). The van der Waals surface area contributed by atoms with Crippen LogP contribution in [0.3, 0.4) is 0 Å². The van der Waals surface area contributed by atoms with E-state index in [1.54, 1.807) is 18.3 Å². The van der Waals surface area contributed by atoms with E-state index in [-0.39, 0.29) is 12.4 Å². The van der Waals surface area contributed by atoms with Gasteiger partial charge in [0.1, 0.15) is 12.4 Å². The summed E-state index contributed by atoms with van der Waals surface area (Å²) in [5, 5.41) is 0. The maximum Gasteiger partial charge on any atom is 0.311 e. The predicted octanol–water partition coefficient (Wildman–Crippen LogP) is 2.38. The third kappa shape index (κ3) is 4.10. The molecule has 0 N–H and O–H groups in total. The fraction of sp³-hybridized carbons (Fsp3) is 0.200. The van der Waals surface area contributed by atoms with Gasteiger partial charge in [-0.1, -0.05) is 30.3 Å². The zero-order chi connectivity index (χ0) is 13.5. The molecule has 1 aromatic carbocycles. The van der Waals surface area contributed by atoms with Crippen molar-refractivity contribution >= 4 is 5.97 Å². The lowest BCUT2D eigenvalue weighted by atomic mass is 10.2. The zero-order valence-corrected chi connectivity index (χ0v) is 10.7. The van der Waals surface area contributed by atoms with Gasteiger partial charge in [-0.05, 0) is 17.7 Å². The molecule has 0 unspecified atom stereocenters. The summed E-state index contributed by atoms with van der Waals surface area (Å²) in [6.45, 7) is 0.499. The van der Waals surface area contributed by atoms with E-state index in [0.717, 1.165) is 5.56 Å². The molecule has 0 aliphatic heterocycles. The third-order valence-corrected chi connectivity index (χ3v) is 2.60. The highest BCUT2D eigenvalue weighted by atomic mass is 16.5. The second-order valence-electron chi connectivity index (χ2n) is 4.01. The number of esters is 1. The fourth-order valence-corrected chi connectivity index (χ4v) is 1.56. The Labute approximate surface area is 112 Å². The van der Waals surface area contributed by atoms with Crippen LogP contribution in [0, 0.1) is 0 Å². The molecule has 0 saturated carbocycles. The van der Waals surface area contributed by atoms with Crippen LogP contribution in [0.25, 0.3) is 0 Å². The molecule has 2 aromatic rings. The molecule has 1 heterocycles. The molecule has 4 heteroatoms. The van der Waals surface area contributed by atoms with E-state index in [9.17, 15) is 4.79 Å². The van der Waals surface area contributed by atoms with Crippen molar-refractivity contribution in [2.45, 2.75) is 13.0 Å². The molecule has 0 spiro atoms. The summed E-state index contributed by atoms with van der Waals surface area (Å²) in [5.74, 6) is 0.378. The van der Waals surface area contributed by atoms with Gasteiger partial charge in [0.15, 0.2) is 0 Å². The van der Waals surface area contributed by atoms with Crippen LogP contribution in [0.2, 0.25) is 0 Å². The minimum Gasteiger partial charge on any atom is -0.487 e. The van der Waals surface area contributed by atoms with Gasteiger partial charge in [0, 0.05) is 0 Å². The summed E-state index contributed by atoms with van der Waals surface area (Å²) in [4.78, 5) is 15.2. The number of hydrogen-bond acceptors (Lipinski definition) is 4. The van der Waals surface area contributed by atoms with Crippen molar-refractivity contribution in [2.24, 2.45) is 0 Å². The van der Waals surface area contributed by atoms with Gasteiger partial charge in [-0.25, -0.2) is 0 Å². The Morgan fingerprint density at radius 1 is 1.16 bits per heavy atom. The number of hydrogen-bond donors (Lipinski definition) is 0. The Morgan fingerprint density at radius 2 is 1.95 bits per heavy atom. The summed E-state index contributed by atoms with van der Waals surface area (Å²) >= 11 is 0. The van der Waals surface area contributed by atoms with E-state index < -0.39 is 0 Å². The largest absolute Gasteiger partial charge is 0.487 e. The minimum absolute atomic E-state index is 0.176. The van der Waals surface area contributed by atoms with Crippen LogP contribution < -0.4 is 4.74 Å². The fourth-order valence-electron chi connectivity index (χ4n) is 1.56. The molecule has 19 heavy (non-hydrogen) atoms. The average molecular weight is 257 g/mol. The first-order valence-electron chi connectivity index (χ1n) is 5.96. The van der Waals surface area contributed by atoms with Crippen molar-refractivity contribution < 1.29 is 14.3 Å². The Bertz CT molecular complexity index is 523. The minimum atomic E-state index is -0.301. The SMILES string of the molecule is COC(=O)Cc1ccc(OCc2ccccc2)cn1. The Hall–Kier alpha value is -2.36. The first-order valence-corrected chi connectivity index (χ1v) is 5.96. The number of rotatable bonds is 5. The lowest BCUT2D eigenvalue weighted by molar-refractivity contribution is -0.139. The monoisotopic (exact) mass is 257 g/mol. The van der Waals surface area contributed by atoms with E-state index >= 15 is 0 Å². The van der Waals surface area contributed by atoms with Crippen LogP contribution >= 0.6 is 0 Å². The number of benzene rings is 1. The van der Waals surface area contributed by atoms with Crippen LogP contribution in [0.4, 0.5) is 0 Å². The van der Waals surface area contributed by atoms with Crippen molar-refractivity contribution in [3.8, 4) is 5.75 Å². The summed E-state index contributed by atoms with van der Waals surface area (Å²) in [7, 11) is 1.36. The average Bonchev–Trinajstić information content (AvgIpc) is 2.47. The van der Waals surface area contributed by atoms with Crippen molar-refractivity contribution in [1.29, 1.82) is 0 Å². The molecule has 0 amide bonds. The molecule has 0 radical (unpaired) electrons. The summed E-state index contributed by atoms with van der Waals surface area (Å²) < 4.78 is 10.2. The molecule has 0 aliphatic rings. The number of carbonyl (C=O) groups excluding carboxylic acids is 1. The summed E-state index contributed by atoms with van der Waals surface area (Å²) in [6.07, 6.45) is 1.79. The number of ether oxygens (including phenoxy) is 2. The summed E-state index contributed by atoms with van der Waals surface area (Å²) in [5.41, 5.74) is 1.76. The van der Waals surface area contributed by atoms with E-state index in [1.165, 1.54) is 7.11 Å². The van der Waals surface area contributed by atoms with Crippen molar-refractivity contribution in [3.05, 3.63) is 59.9 Å². The van der Waals surface area contributed by atoms with Crippen LogP contribution in [0.1, 0.15) is 11.3 Å². The van der Waals surface area contributed by atoms with E-state index in [4.69, 9.17) is 4.74 Å². The molecule has 4 nitrogen and oxygen atoms in total. The molecule has 0 saturated heterocycles. The second-order valence-corrected chi connectivity index (χ2v) is 4.01. The molecule has 1 aromatic heterocycles. The molecule has 0 aliphatic carbocycles. The third-order valence-electron chi connectivity index (χ3n) is 2.60. The van der Waals surface area contributed by atoms with Gasteiger partial charge in [0.05, 0.1) is 25.4 Å². The van der Waals surface area contributed by atoms with Crippen LogP contribution in [0.15, 0.2) is 48.7 Å². The Balaban J connectivity index is 1.90. The van der Waals surface area contributed by atoms with E-state index in [1.807, 2.05) is 30.3 Å².